The number of anilines is 1. The predicted octanol–water partition coefficient (Wildman–Crippen LogP) is 3.62. The Hall–Kier alpha value is -3.33. The van der Waals surface area contributed by atoms with Crippen molar-refractivity contribution in [2.45, 2.75) is 49.1 Å². The first kappa shape index (κ1) is 28.2. The van der Waals surface area contributed by atoms with E-state index in [0.717, 1.165) is 31.2 Å². The number of methoxy groups -OCH3 is 1. The molecule has 0 bridgehead atoms. The minimum Gasteiger partial charge on any atom is -0.481 e. The standard InChI is InChI=1S/C26H31N5O7S2/c1-37-21-11-10-20-24(29-21)39-25(28-20)30-23(32)19(14-16-4-2-3-5-16)17-6-8-18(9-7-17)40(35,36)31-13-12-27-22(15-31)38-26(33)34/h6-11,16,19,22,27H,2-5,12-15H2,1H3,(H,33,34)(H,28,30,32)/t19-,22?/m1/s1. The van der Waals surface area contributed by atoms with Crippen molar-refractivity contribution in [3.63, 3.8) is 0 Å². The van der Waals surface area contributed by atoms with E-state index in [9.17, 15) is 18.0 Å². The molecule has 1 amide bonds. The smallest absolute Gasteiger partial charge is 0.481 e. The third kappa shape index (κ3) is 6.35. The molecule has 1 aliphatic heterocycles. The van der Waals surface area contributed by atoms with Crippen LogP contribution < -0.4 is 15.4 Å². The number of thiazole rings is 1. The normalized spacial score (nSPS) is 19.4. The van der Waals surface area contributed by atoms with Crippen LogP contribution in [-0.2, 0) is 19.6 Å². The molecule has 1 aliphatic carbocycles. The van der Waals surface area contributed by atoms with E-state index in [-0.39, 0.29) is 30.4 Å². The maximum atomic E-state index is 13.6. The Labute approximate surface area is 235 Å². The predicted molar refractivity (Wildman–Crippen MR) is 148 cm³/mol. The van der Waals surface area contributed by atoms with Gasteiger partial charge in [-0.15, -0.1) is 0 Å². The van der Waals surface area contributed by atoms with Crippen molar-refractivity contribution in [3.05, 3.63) is 42.0 Å². The van der Waals surface area contributed by atoms with Crippen LogP contribution in [0.3, 0.4) is 0 Å². The van der Waals surface area contributed by atoms with Crippen LogP contribution >= 0.6 is 11.3 Å². The number of hydrogen-bond donors (Lipinski definition) is 3. The highest BCUT2D eigenvalue weighted by Crippen LogP contribution is 2.36. The van der Waals surface area contributed by atoms with Gasteiger partial charge in [0.1, 0.15) is 10.3 Å². The van der Waals surface area contributed by atoms with Crippen LogP contribution in [0.4, 0.5) is 9.93 Å². The van der Waals surface area contributed by atoms with Gasteiger partial charge in [-0.2, -0.15) is 4.31 Å². The lowest BCUT2D eigenvalue weighted by Crippen LogP contribution is -2.53. The molecule has 2 atom stereocenters. The van der Waals surface area contributed by atoms with Crippen LogP contribution in [0, 0.1) is 5.92 Å². The Kier molecular flexibility index (Phi) is 8.49. The van der Waals surface area contributed by atoms with E-state index in [1.807, 2.05) is 0 Å². The number of piperazine rings is 1. The molecule has 1 saturated carbocycles. The summed E-state index contributed by atoms with van der Waals surface area (Å²) in [6.45, 7) is 0.304. The SMILES string of the molecule is COc1ccc2nc(NC(=O)[C@H](CC3CCCC3)c3ccc(S(=O)(=O)N4CCNC(OC(=O)O)C4)cc3)sc2n1. The van der Waals surface area contributed by atoms with Gasteiger partial charge in [0.05, 0.1) is 24.5 Å². The zero-order chi connectivity index (χ0) is 28.3. The fraction of sp³-hybridized carbons (Fsp3) is 0.462. The largest absolute Gasteiger partial charge is 0.507 e. The molecule has 3 heterocycles. The maximum absolute atomic E-state index is 13.6. The summed E-state index contributed by atoms with van der Waals surface area (Å²) in [6, 6.07) is 9.88. The van der Waals surface area contributed by atoms with E-state index in [0.29, 0.717) is 33.7 Å². The molecule has 1 aromatic carbocycles. The Morgan fingerprint density at radius 2 is 1.93 bits per heavy atom. The minimum atomic E-state index is -3.89. The number of pyridine rings is 1. The molecule has 0 spiro atoms. The summed E-state index contributed by atoms with van der Waals surface area (Å²) in [6.07, 6.45) is 2.62. The number of carbonyl (C=O) groups is 2. The van der Waals surface area contributed by atoms with E-state index in [4.69, 9.17) is 14.6 Å². The highest BCUT2D eigenvalue weighted by atomic mass is 32.2. The van der Waals surface area contributed by atoms with Crippen LogP contribution in [0.2, 0.25) is 0 Å². The lowest BCUT2D eigenvalue weighted by molar-refractivity contribution is -0.118. The molecule has 40 heavy (non-hydrogen) atoms. The van der Waals surface area contributed by atoms with Gasteiger partial charge in [0.15, 0.2) is 11.4 Å². The molecule has 1 saturated heterocycles. The van der Waals surface area contributed by atoms with Gasteiger partial charge >= 0.3 is 6.16 Å². The molecule has 12 nitrogen and oxygen atoms in total. The van der Waals surface area contributed by atoms with Gasteiger partial charge in [-0.25, -0.2) is 23.2 Å². The van der Waals surface area contributed by atoms with Crippen molar-refractivity contribution in [2.75, 3.05) is 32.1 Å². The van der Waals surface area contributed by atoms with E-state index in [1.165, 1.54) is 34.9 Å². The number of aromatic nitrogens is 2. The minimum absolute atomic E-state index is 0.0680. The molecule has 5 rings (SSSR count). The van der Waals surface area contributed by atoms with Crippen molar-refractivity contribution in [3.8, 4) is 5.88 Å². The number of carbonyl (C=O) groups excluding carboxylic acids is 1. The highest BCUT2D eigenvalue weighted by Gasteiger charge is 2.33. The van der Waals surface area contributed by atoms with E-state index in [1.54, 1.807) is 24.3 Å². The number of hydrogen-bond acceptors (Lipinski definition) is 10. The summed E-state index contributed by atoms with van der Waals surface area (Å²) in [4.78, 5) is 34.0. The van der Waals surface area contributed by atoms with Gasteiger partial charge in [0.2, 0.25) is 21.8 Å². The van der Waals surface area contributed by atoms with Crippen LogP contribution in [0.15, 0.2) is 41.3 Å². The van der Waals surface area contributed by atoms with Crippen molar-refractivity contribution >= 4 is 48.9 Å². The first-order valence-corrected chi connectivity index (χ1v) is 15.3. The highest BCUT2D eigenvalue weighted by molar-refractivity contribution is 7.89. The lowest BCUT2D eigenvalue weighted by Gasteiger charge is -2.31. The fourth-order valence-electron chi connectivity index (χ4n) is 5.26. The summed E-state index contributed by atoms with van der Waals surface area (Å²) < 4.78 is 37.6. The Balaban J connectivity index is 1.35. The number of nitrogens with zero attached hydrogens (tertiary/aromatic N) is 3. The molecule has 2 aliphatic rings. The summed E-state index contributed by atoms with van der Waals surface area (Å²) in [5.74, 6) is 0.188. The molecule has 3 N–H and O–H groups in total. The average Bonchev–Trinajstić information content (AvgIpc) is 3.60. The Morgan fingerprint density at radius 1 is 1.18 bits per heavy atom. The molecule has 14 heteroatoms. The molecule has 2 aromatic heterocycles. The average molecular weight is 590 g/mol. The second kappa shape index (κ2) is 12.0. The van der Waals surface area contributed by atoms with Gasteiger partial charge in [0.25, 0.3) is 0 Å². The zero-order valence-electron chi connectivity index (χ0n) is 21.9. The number of rotatable bonds is 9. The van der Waals surface area contributed by atoms with Crippen molar-refractivity contribution < 1.29 is 32.6 Å². The number of carboxylic acid groups (broad SMARTS) is 1. The first-order chi connectivity index (χ1) is 19.2. The number of fused-ring (bicyclic) bond motifs is 1. The number of nitrogens with one attached hydrogen (secondary N) is 2. The third-order valence-corrected chi connectivity index (χ3v) is 10.1. The molecular formula is C26H31N5O7S2. The van der Waals surface area contributed by atoms with Gasteiger partial charge in [-0.05, 0) is 36.1 Å². The van der Waals surface area contributed by atoms with Crippen molar-refractivity contribution in [1.29, 1.82) is 0 Å². The van der Waals surface area contributed by atoms with Crippen molar-refractivity contribution in [2.24, 2.45) is 5.92 Å². The zero-order valence-corrected chi connectivity index (χ0v) is 23.5. The van der Waals surface area contributed by atoms with Gasteiger partial charge in [-0.1, -0.05) is 49.2 Å². The van der Waals surface area contributed by atoms with E-state index in [2.05, 4.69) is 20.6 Å². The number of benzene rings is 1. The van der Waals surface area contributed by atoms with Gasteiger partial charge in [0, 0.05) is 19.2 Å². The lowest BCUT2D eigenvalue weighted by atomic mass is 9.87. The van der Waals surface area contributed by atoms with Crippen molar-refractivity contribution in [1.82, 2.24) is 19.6 Å². The van der Waals surface area contributed by atoms with Gasteiger partial charge in [-0.3, -0.25) is 10.1 Å². The number of amides is 1. The van der Waals surface area contributed by atoms with Crippen LogP contribution in [0.5, 0.6) is 5.88 Å². The third-order valence-electron chi connectivity index (χ3n) is 7.30. The number of ether oxygens (including phenoxy) is 2. The van der Waals surface area contributed by atoms with Crippen LogP contribution in [0.25, 0.3) is 10.3 Å². The topological polar surface area (TPSA) is 160 Å². The van der Waals surface area contributed by atoms with Crippen LogP contribution in [-0.4, -0.2) is 72.8 Å². The summed E-state index contributed by atoms with van der Waals surface area (Å²) in [5.41, 5.74) is 1.38. The molecular weight excluding hydrogens is 558 g/mol. The van der Waals surface area contributed by atoms with E-state index >= 15 is 0 Å². The van der Waals surface area contributed by atoms with Crippen LogP contribution in [0.1, 0.15) is 43.6 Å². The van der Waals surface area contributed by atoms with Gasteiger partial charge < -0.3 is 19.9 Å². The molecule has 3 aromatic rings. The fourth-order valence-corrected chi connectivity index (χ4v) is 7.54. The molecule has 1 unspecified atom stereocenters. The molecule has 214 valence electrons. The molecule has 0 radical (unpaired) electrons. The summed E-state index contributed by atoms with van der Waals surface area (Å²) >= 11 is 1.26. The second-order valence-corrected chi connectivity index (χ2v) is 12.8. The summed E-state index contributed by atoms with van der Waals surface area (Å²) in [5, 5.41) is 15.1. The monoisotopic (exact) mass is 589 g/mol. The Bertz CT molecular complexity index is 1470. The first-order valence-electron chi connectivity index (χ1n) is 13.1. The number of sulfonamides is 1. The van der Waals surface area contributed by atoms with E-state index < -0.39 is 28.3 Å². The Morgan fingerprint density at radius 3 is 2.62 bits per heavy atom. The quantitative estimate of drug-likeness (QED) is 0.315. The molecule has 2 fully saturated rings. The second-order valence-electron chi connectivity index (χ2n) is 9.88. The summed E-state index contributed by atoms with van der Waals surface area (Å²) in [7, 11) is -2.35. The maximum Gasteiger partial charge on any atom is 0.507 e.